The molecule has 0 saturated heterocycles. The fourth-order valence-corrected chi connectivity index (χ4v) is 2.92. The third kappa shape index (κ3) is 4.58. The topological polar surface area (TPSA) is 71.1 Å². The minimum absolute atomic E-state index is 0.178. The molecule has 27 heavy (non-hydrogen) atoms. The van der Waals surface area contributed by atoms with Crippen LogP contribution in [0.15, 0.2) is 79.0 Å². The van der Waals surface area contributed by atoms with Crippen LogP contribution in [0.5, 0.6) is 0 Å². The van der Waals surface area contributed by atoms with Crippen LogP contribution in [0.3, 0.4) is 0 Å². The molecule has 2 amide bonds. The van der Waals surface area contributed by atoms with E-state index < -0.39 is 5.92 Å². The van der Waals surface area contributed by atoms with E-state index in [2.05, 4.69) is 15.6 Å². The van der Waals surface area contributed by atoms with Gasteiger partial charge in [-0.3, -0.25) is 14.6 Å². The fraction of sp³-hybridized carbons (Fsp3) is 0.136. The Morgan fingerprint density at radius 1 is 0.926 bits per heavy atom. The van der Waals surface area contributed by atoms with E-state index in [9.17, 15) is 9.59 Å². The third-order valence-electron chi connectivity index (χ3n) is 4.31. The molecule has 3 aromatic rings. The largest absolute Gasteiger partial charge is 0.355 e. The minimum Gasteiger partial charge on any atom is -0.355 e. The number of benzene rings is 2. The van der Waals surface area contributed by atoms with Crippen LogP contribution in [0.25, 0.3) is 0 Å². The molecular formula is C22H21N3O2. The third-order valence-corrected chi connectivity index (χ3v) is 4.31. The Bertz CT molecular complexity index is 911. The first-order chi connectivity index (χ1) is 13.2. The van der Waals surface area contributed by atoms with Crippen molar-refractivity contribution in [2.24, 2.45) is 0 Å². The smallest absolute Gasteiger partial charge is 0.253 e. The van der Waals surface area contributed by atoms with Crippen LogP contribution in [-0.4, -0.2) is 23.8 Å². The number of nitrogens with zero attached hydrogens (tertiary/aromatic N) is 1. The number of amides is 2. The first-order valence-electron chi connectivity index (χ1n) is 8.76. The molecule has 0 fully saturated rings. The summed E-state index contributed by atoms with van der Waals surface area (Å²) in [6, 6.07) is 22.2. The van der Waals surface area contributed by atoms with Crippen LogP contribution in [0.1, 0.15) is 27.5 Å². The summed E-state index contributed by atoms with van der Waals surface area (Å²) in [6.45, 7) is 0. The van der Waals surface area contributed by atoms with Crippen LogP contribution in [0, 0.1) is 0 Å². The normalized spacial score (nSPS) is 11.4. The van der Waals surface area contributed by atoms with Gasteiger partial charge in [0.15, 0.2) is 0 Å². The van der Waals surface area contributed by atoms with Gasteiger partial charge < -0.3 is 10.6 Å². The van der Waals surface area contributed by atoms with Gasteiger partial charge in [-0.25, -0.2) is 0 Å². The van der Waals surface area contributed by atoms with Gasteiger partial charge in [-0.05, 0) is 29.8 Å². The SMILES string of the molecule is CNC(=O)c1ccccc1NC(=O)C(Cc1ccccn1)c1ccccc1. The molecule has 0 saturated carbocycles. The maximum absolute atomic E-state index is 13.1. The first kappa shape index (κ1) is 18.3. The molecule has 2 N–H and O–H groups in total. The van der Waals surface area contributed by atoms with Crippen molar-refractivity contribution in [1.29, 1.82) is 0 Å². The summed E-state index contributed by atoms with van der Waals surface area (Å²) in [7, 11) is 1.56. The molecule has 1 unspecified atom stereocenters. The number of carbonyl (C=O) groups excluding carboxylic acids is 2. The number of hydrogen-bond acceptors (Lipinski definition) is 3. The molecule has 5 heteroatoms. The summed E-state index contributed by atoms with van der Waals surface area (Å²) in [5, 5.41) is 5.51. The summed E-state index contributed by atoms with van der Waals surface area (Å²) < 4.78 is 0. The summed E-state index contributed by atoms with van der Waals surface area (Å²) in [4.78, 5) is 29.5. The van der Waals surface area contributed by atoms with Crippen LogP contribution >= 0.6 is 0 Å². The number of para-hydroxylation sites is 1. The Balaban J connectivity index is 1.89. The molecule has 0 bridgehead atoms. The maximum atomic E-state index is 13.1. The van der Waals surface area contributed by atoms with Gasteiger partial charge in [0.25, 0.3) is 5.91 Å². The van der Waals surface area contributed by atoms with Crippen molar-refractivity contribution in [1.82, 2.24) is 10.3 Å². The van der Waals surface area contributed by atoms with E-state index in [1.807, 2.05) is 48.5 Å². The Morgan fingerprint density at radius 2 is 1.63 bits per heavy atom. The van der Waals surface area contributed by atoms with E-state index in [0.717, 1.165) is 11.3 Å². The molecule has 5 nitrogen and oxygen atoms in total. The van der Waals surface area contributed by atoms with E-state index in [1.54, 1.807) is 37.5 Å². The Labute approximate surface area is 158 Å². The van der Waals surface area contributed by atoms with Crippen molar-refractivity contribution in [2.75, 3.05) is 12.4 Å². The zero-order chi connectivity index (χ0) is 19.1. The highest BCUT2D eigenvalue weighted by molar-refractivity contribution is 6.05. The van der Waals surface area contributed by atoms with Gasteiger partial charge in [-0.1, -0.05) is 48.5 Å². The standard InChI is InChI=1S/C22H21N3O2/c1-23-21(26)18-12-5-6-13-20(18)25-22(27)19(16-9-3-2-4-10-16)15-17-11-7-8-14-24-17/h2-14,19H,15H2,1H3,(H,23,26)(H,25,27). The molecule has 1 atom stereocenters. The van der Waals surface area contributed by atoms with Gasteiger partial charge in [0.2, 0.25) is 5.91 Å². The number of carbonyl (C=O) groups is 2. The molecule has 0 aliphatic heterocycles. The second kappa shape index (κ2) is 8.76. The second-order valence-electron chi connectivity index (χ2n) is 6.10. The van der Waals surface area contributed by atoms with Gasteiger partial charge in [0.1, 0.15) is 0 Å². The van der Waals surface area contributed by atoms with Crippen molar-refractivity contribution < 1.29 is 9.59 Å². The highest BCUT2D eigenvalue weighted by Gasteiger charge is 2.23. The average Bonchev–Trinajstić information content (AvgIpc) is 2.73. The quantitative estimate of drug-likeness (QED) is 0.708. The van der Waals surface area contributed by atoms with Gasteiger partial charge in [-0.2, -0.15) is 0 Å². The molecule has 3 rings (SSSR count). The van der Waals surface area contributed by atoms with Crippen molar-refractivity contribution in [3.05, 3.63) is 95.8 Å². The summed E-state index contributed by atoms with van der Waals surface area (Å²) >= 11 is 0. The van der Waals surface area contributed by atoms with Crippen molar-refractivity contribution in [2.45, 2.75) is 12.3 Å². The number of pyridine rings is 1. The second-order valence-corrected chi connectivity index (χ2v) is 6.10. The summed E-state index contributed by atoms with van der Waals surface area (Å²) in [5.74, 6) is -0.839. The van der Waals surface area contributed by atoms with Gasteiger partial charge in [0, 0.05) is 25.4 Å². The van der Waals surface area contributed by atoms with Crippen molar-refractivity contribution >= 4 is 17.5 Å². The van der Waals surface area contributed by atoms with Gasteiger partial charge in [0.05, 0.1) is 17.2 Å². The first-order valence-corrected chi connectivity index (χ1v) is 8.76. The predicted molar refractivity (Wildman–Crippen MR) is 106 cm³/mol. The lowest BCUT2D eigenvalue weighted by Gasteiger charge is -2.18. The highest BCUT2D eigenvalue weighted by Crippen LogP contribution is 2.24. The van der Waals surface area contributed by atoms with Crippen molar-refractivity contribution in [3.63, 3.8) is 0 Å². The van der Waals surface area contributed by atoms with E-state index in [1.165, 1.54) is 0 Å². The molecule has 0 radical (unpaired) electrons. The highest BCUT2D eigenvalue weighted by atomic mass is 16.2. The van der Waals surface area contributed by atoms with E-state index in [4.69, 9.17) is 0 Å². The van der Waals surface area contributed by atoms with Crippen LogP contribution < -0.4 is 10.6 Å². The number of nitrogens with one attached hydrogen (secondary N) is 2. The average molecular weight is 359 g/mol. The number of aromatic nitrogens is 1. The fourth-order valence-electron chi connectivity index (χ4n) is 2.92. The number of anilines is 1. The Kier molecular flexibility index (Phi) is 5.94. The monoisotopic (exact) mass is 359 g/mol. The van der Waals surface area contributed by atoms with Crippen LogP contribution in [0.2, 0.25) is 0 Å². The number of rotatable bonds is 6. The lowest BCUT2D eigenvalue weighted by Crippen LogP contribution is -2.26. The van der Waals surface area contributed by atoms with Gasteiger partial charge >= 0.3 is 0 Å². The van der Waals surface area contributed by atoms with Crippen molar-refractivity contribution in [3.8, 4) is 0 Å². The van der Waals surface area contributed by atoms with Crippen LogP contribution in [-0.2, 0) is 11.2 Å². The predicted octanol–water partition coefficient (Wildman–Crippen LogP) is 3.41. The Hall–Kier alpha value is -3.47. The molecule has 0 aliphatic carbocycles. The minimum atomic E-state index is -0.418. The number of hydrogen-bond donors (Lipinski definition) is 2. The molecule has 0 aliphatic rings. The lowest BCUT2D eigenvalue weighted by molar-refractivity contribution is -0.117. The molecule has 1 heterocycles. The maximum Gasteiger partial charge on any atom is 0.253 e. The van der Waals surface area contributed by atoms with Crippen LogP contribution in [0.4, 0.5) is 5.69 Å². The van der Waals surface area contributed by atoms with E-state index in [0.29, 0.717) is 17.7 Å². The van der Waals surface area contributed by atoms with E-state index in [-0.39, 0.29) is 11.8 Å². The molecular weight excluding hydrogens is 338 g/mol. The van der Waals surface area contributed by atoms with E-state index >= 15 is 0 Å². The summed E-state index contributed by atoms with van der Waals surface area (Å²) in [6.07, 6.45) is 2.19. The zero-order valence-corrected chi connectivity index (χ0v) is 15.1. The Morgan fingerprint density at radius 3 is 2.33 bits per heavy atom. The summed E-state index contributed by atoms with van der Waals surface area (Å²) in [5.41, 5.74) is 2.65. The zero-order valence-electron chi connectivity index (χ0n) is 15.1. The molecule has 2 aromatic carbocycles. The lowest BCUT2D eigenvalue weighted by atomic mass is 9.93. The molecule has 0 spiro atoms. The van der Waals surface area contributed by atoms with Gasteiger partial charge in [-0.15, -0.1) is 0 Å². The molecule has 1 aromatic heterocycles. The molecule has 136 valence electrons.